The Kier molecular flexibility index (Phi) is 3.70. The van der Waals surface area contributed by atoms with Gasteiger partial charge in [0.25, 0.3) is 5.91 Å². The van der Waals surface area contributed by atoms with Crippen LogP contribution in [0.25, 0.3) is 21.9 Å². The lowest BCUT2D eigenvalue weighted by Gasteiger charge is -2.34. The lowest BCUT2D eigenvalue weighted by molar-refractivity contribution is 0.0601. The summed E-state index contributed by atoms with van der Waals surface area (Å²) < 4.78 is 13.5. The molecule has 1 aliphatic heterocycles. The number of carbonyl (C=O) groups is 1. The number of H-pyrrole nitrogens is 2. The molecule has 0 unspecified atom stereocenters. The van der Waals surface area contributed by atoms with Crippen LogP contribution in [-0.2, 0) is 0 Å². The zero-order valence-electron chi connectivity index (χ0n) is 14.7. The van der Waals surface area contributed by atoms with E-state index in [0.717, 1.165) is 41.5 Å². The molecule has 6 heteroatoms. The van der Waals surface area contributed by atoms with Crippen molar-refractivity contribution in [1.82, 2.24) is 19.9 Å². The molecule has 27 heavy (non-hydrogen) atoms. The third-order valence-electron chi connectivity index (χ3n) is 5.34. The highest BCUT2D eigenvalue weighted by Crippen LogP contribution is 2.32. The lowest BCUT2D eigenvalue weighted by atomic mass is 10.00. The Labute approximate surface area is 155 Å². The van der Waals surface area contributed by atoms with Gasteiger partial charge in [0.05, 0.1) is 17.1 Å². The van der Waals surface area contributed by atoms with Gasteiger partial charge < -0.3 is 14.9 Å². The van der Waals surface area contributed by atoms with Crippen molar-refractivity contribution in [3.63, 3.8) is 0 Å². The quantitative estimate of drug-likeness (QED) is 0.549. The molecule has 2 aromatic heterocycles. The second kappa shape index (κ2) is 6.23. The fraction of sp³-hybridized carbons (Fsp3) is 0.238. The Balaban J connectivity index is 1.51. The Morgan fingerprint density at radius 2 is 2.04 bits per heavy atom. The SMILES string of the molecule is O=C(c1ccc2cc[nH]c2c1)N1CCCC[C@@H]1c1nc2ccc(F)cc2[nH]1. The van der Waals surface area contributed by atoms with Crippen LogP contribution in [0.4, 0.5) is 4.39 Å². The molecule has 3 heterocycles. The maximum Gasteiger partial charge on any atom is 0.254 e. The largest absolute Gasteiger partial charge is 0.361 e. The maximum atomic E-state index is 13.5. The summed E-state index contributed by atoms with van der Waals surface area (Å²) in [6.45, 7) is 0.692. The summed E-state index contributed by atoms with van der Waals surface area (Å²) in [7, 11) is 0. The molecule has 2 aromatic carbocycles. The lowest BCUT2D eigenvalue weighted by Crippen LogP contribution is -2.39. The first-order valence-corrected chi connectivity index (χ1v) is 9.22. The molecule has 0 aliphatic carbocycles. The van der Waals surface area contributed by atoms with Crippen molar-refractivity contribution in [2.45, 2.75) is 25.3 Å². The summed E-state index contributed by atoms with van der Waals surface area (Å²) in [6.07, 6.45) is 4.73. The van der Waals surface area contributed by atoms with Gasteiger partial charge in [-0.25, -0.2) is 9.37 Å². The van der Waals surface area contributed by atoms with Gasteiger partial charge in [0, 0.05) is 23.8 Å². The van der Waals surface area contributed by atoms with Crippen LogP contribution in [0.2, 0.25) is 0 Å². The second-order valence-corrected chi connectivity index (χ2v) is 7.07. The number of hydrogen-bond donors (Lipinski definition) is 2. The maximum absolute atomic E-state index is 13.5. The molecule has 1 amide bonds. The first-order chi connectivity index (χ1) is 13.2. The van der Waals surface area contributed by atoms with E-state index in [0.29, 0.717) is 17.6 Å². The molecule has 0 saturated carbocycles. The van der Waals surface area contributed by atoms with E-state index in [-0.39, 0.29) is 17.8 Å². The minimum atomic E-state index is -0.298. The van der Waals surface area contributed by atoms with Gasteiger partial charge in [-0.3, -0.25) is 4.79 Å². The van der Waals surface area contributed by atoms with E-state index in [2.05, 4.69) is 15.0 Å². The summed E-state index contributed by atoms with van der Waals surface area (Å²) >= 11 is 0. The molecule has 1 saturated heterocycles. The molecule has 1 fully saturated rings. The minimum Gasteiger partial charge on any atom is -0.361 e. The van der Waals surface area contributed by atoms with Crippen LogP contribution in [0.1, 0.15) is 41.5 Å². The average Bonchev–Trinajstić information content (AvgIpc) is 3.33. The normalized spacial score (nSPS) is 17.7. The van der Waals surface area contributed by atoms with Crippen LogP contribution in [0.5, 0.6) is 0 Å². The molecule has 5 nitrogen and oxygen atoms in total. The summed E-state index contributed by atoms with van der Waals surface area (Å²) in [6, 6.07) is 12.1. The number of aromatic nitrogens is 3. The van der Waals surface area contributed by atoms with E-state index < -0.39 is 0 Å². The van der Waals surface area contributed by atoms with Gasteiger partial charge in [-0.05, 0) is 61.0 Å². The molecule has 2 N–H and O–H groups in total. The summed E-state index contributed by atoms with van der Waals surface area (Å²) in [4.78, 5) is 26.1. The Bertz CT molecular complexity index is 1150. The van der Waals surface area contributed by atoms with Gasteiger partial charge in [-0.15, -0.1) is 0 Å². The second-order valence-electron chi connectivity index (χ2n) is 7.07. The standard InChI is InChI=1S/C21H19FN4O/c22-15-6-7-16-18(12-15)25-20(24-16)19-3-1-2-10-26(19)21(27)14-5-4-13-8-9-23-17(13)11-14/h4-9,11-12,19,23H,1-3,10H2,(H,24,25)/t19-/m1/s1. The van der Waals surface area contributed by atoms with Crippen LogP contribution in [0.15, 0.2) is 48.7 Å². The van der Waals surface area contributed by atoms with E-state index >= 15 is 0 Å². The molecular formula is C21H19FN4O. The summed E-state index contributed by atoms with van der Waals surface area (Å²) in [5, 5.41) is 1.08. The highest BCUT2D eigenvalue weighted by atomic mass is 19.1. The molecule has 0 spiro atoms. The first-order valence-electron chi connectivity index (χ1n) is 9.22. The molecule has 1 aliphatic rings. The minimum absolute atomic E-state index is 0.00263. The van der Waals surface area contributed by atoms with Crippen molar-refractivity contribution in [2.75, 3.05) is 6.54 Å². The zero-order valence-corrected chi connectivity index (χ0v) is 14.7. The predicted octanol–water partition coefficient (Wildman–Crippen LogP) is 4.55. The van der Waals surface area contributed by atoms with Crippen molar-refractivity contribution in [1.29, 1.82) is 0 Å². The van der Waals surface area contributed by atoms with Gasteiger partial charge in [-0.2, -0.15) is 0 Å². The van der Waals surface area contributed by atoms with Gasteiger partial charge in [0.1, 0.15) is 11.6 Å². The fourth-order valence-electron chi connectivity index (χ4n) is 3.97. The molecule has 136 valence electrons. The smallest absolute Gasteiger partial charge is 0.254 e. The number of hydrogen-bond acceptors (Lipinski definition) is 2. The number of rotatable bonds is 2. The Morgan fingerprint density at radius 1 is 1.11 bits per heavy atom. The Hall–Kier alpha value is -3.15. The third-order valence-corrected chi connectivity index (χ3v) is 5.34. The van der Waals surface area contributed by atoms with Crippen LogP contribution < -0.4 is 0 Å². The number of nitrogens with zero attached hydrogens (tertiary/aromatic N) is 2. The van der Waals surface area contributed by atoms with Crippen molar-refractivity contribution in [2.24, 2.45) is 0 Å². The molecule has 5 rings (SSSR count). The van der Waals surface area contributed by atoms with E-state index in [1.54, 1.807) is 6.07 Å². The molecule has 4 aromatic rings. The van der Waals surface area contributed by atoms with Crippen LogP contribution >= 0.6 is 0 Å². The van der Waals surface area contributed by atoms with Crippen molar-refractivity contribution >= 4 is 27.8 Å². The van der Waals surface area contributed by atoms with E-state index in [4.69, 9.17) is 0 Å². The average molecular weight is 362 g/mol. The third kappa shape index (κ3) is 2.77. The number of fused-ring (bicyclic) bond motifs is 2. The Morgan fingerprint density at radius 3 is 2.96 bits per heavy atom. The number of benzene rings is 2. The van der Waals surface area contributed by atoms with Crippen molar-refractivity contribution < 1.29 is 9.18 Å². The van der Waals surface area contributed by atoms with E-state index in [9.17, 15) is 9.18 Å². The van der Waals surface area contributed by atoms with Crippen molar-refractivity contribution in [3.05, 3.63) is 65.9 Å². The zero-order chi connectivity index (χ0) is 18.4. The topological polar surface area (TPSA) is 64.8 Å². The highest BCUT2D eigenvalue weighted by molar-refractivity contribution is 5.98. The van der Waals surface area contributed by atoms with Crippen LogP contribution in [0.3, 0.4) is 0 Å². The van der Waals surface area contributed by atoms with E-state index in [1.165, 1.54) is 12.1 Å². The molecule has 1 atom stereocenters. The van der Waals surface area contributed by atoms with Gasteiger partial charge in [-0.1, -0.05) is 6.07 Å². The first kappa shape index (κ1) is 16.1. The summed E-state index contributed by atoms with van der Waals surface area (Å²) in [5.74, 6) is 0.431. The predicted molar refractivity (Wildman–Crippen MR) is 102 cm³/mol. The highest BCUT2D eigenvalue weighted by Gasteiger charge is 2.31. The number of piperidine rings is 1. The number of likely N-dealkylation sites (tertiary alicyclic amines) is 1. The summed E-state index contributed by atoms with van der Waals surface area (Å²) in [5.41, 5.74) is 3.00. The van der Waals surface area contributed by atoms with Crippen LogP contribution in [0, 0.1) is 5.82 Å². The molecule has 0 radical (unpaired) electrons. The van der Waals surface area contributed by atoms with Gasteiger partial charge >= 0.3 is 0 Å². The molecule has 0 bridgehead atoms. The number of amides is 1. The monoisotopic (exact) mass is 362 g/mol. The fourth-order valence-corrected chi connectivity index (χ4v) is 3.97. The molecular weight excluding hydrogens is 343 g/mol. The van der Waals surface area contributed by atoms with Gasteiger partial charge in [0.15, 0.2) is 0 Å². The van der Waals surface area contributed by atoms with Crippen LogP contribution in [-0.4, -0.2) is 32.3 Å². The van der Waals surface area contributed by atoms with E-state index in [1.807, 2.05) is 35.4 Å². The van der Waals surface area contributed by atoms with Crippen molar-refractivity contribution in [3.8, 4) is 0 Å². The number of carbonyl (C=O) groups excluding carboxylic acids is 1. The number of aromatic amines is 2. The number of imidazole rings is 1. The number of halogens is 1. The number of nitrogens with one attached hydrogen (secondary N) is 2. The van der Waals surface area contributed by atoms with Gasteiger partial charge in [0.2, 0.25) is 0 Å².